The van der Waals surface area contributed by atoms with Gasteiger partial charge in [0.05, 0.1) is 4.92 Å². The number of rotatable bonds is 8. The fourth-order valence-electron chi connectivity index (χ4n) is 2.14. The standard InChI is InChI=1S/C19H18N2O6S/c1-12(22)14-3-5-15(6-4-14)20-18(23)11-27-19(24)13(2)28-17-9-7-16(8-10-17)21(25)26/h3-10,13H,11H2,1-2H3,(H,20,23)/t13-/m1/s1. The molecule has 146 valence electrons. The number of Topliss-reactive ketones (excluding diaryl/α,β-unsaturated/α-hetero) is 1. The summed E-state index contributed by atoms with van der Waals surface area (Å²) in [6, 6.07) is 12.1. The lowest BCUT2D eigenvalue weighted by Gasteiger charge is -2.11. The first-order valence-electron chi connectivity index (χ1n) is 8.25. The van der Waals surface area contributed by atoms with Crippen molar-refractivity contribution < 1.29 is 24.0 Å². The van der Waals surface area contributed by atoms with E-state index in [0.29, 0.717) is 16.1 Å². The number of carbonyl (C=O) groups excluding carboxylic acids is 3. The second-order valence-corrected chi connectivity index (χ2v) is 7.21. The van der Waals surface area contributed by atoms with Crippen LogP contribution in [0.2, 0.25) is 0 Å². The number of esters is 1. The van der Waals surface area contributed by atoms with Crippen molar-refractivity contribution in [2.24, 2.45) is 0 Å². The number of ketones is 1. The van der Waals surface area contributed by atoms with E-state index >= 15 is 0 Å². The van der Waals surface area contributed by atoms with E-state index < -0.39 is 28.7 Å². The van der Waals surface area contributed by atoms with Crippen LogP contribution in [0.3, 0.4) is 0 Å². The van der Waals surface area contributed by atoms with E-state index in [1.165, 1.54) is 30.8 Å². The van der Waals surface area contributed by atoms with Gasteiger partial charge in [-0.1, -0.05) is 0 Å². The average molecular weight is 402 g/mol. The van der Waals surface area contributed by atoms with E-state index in [4.69, 9.17) is 4.74 Å². The molecular weight excluding hydrogens is 384 g/mol. The van der Waals surface area contributed by atoms with Crippen molar-refractivity contribution in [3.63, 3.8) is 0 Å². The monoisotopic (exact) mass is 402 g/mol. The lowest BCUT2D eigenvalue weighted by molar-refractivity contribution is -0.384. The maximum Gasteiger partial charge on any atom is 0.319 e. The summed E-state index contributed by atoms with van der Waals surface area (Å²) < 4.78 is 5.00. The SMILES string of the molecule is CC(=O)c1ccc(NC(=O)COC(=O)[C@@H](C)Sc2ccc([N+](=O)[O-])cc2)cc1. The number of nitro groups is 1. The highest BCUT2D eigenvalue weighted by Crippen LogP contribution is 2.26. The number of hydrogen-bond acceptors (Lipinski definition) is 7. The highest BCUT2D eigenvalue weighted by Gasteiger charge is 2.18. The molecule has 2 rings (SSSR count). The van der Waals surface area contributed by atoms with Crippen LogP contribution in [0, 0.1) is 10.1 Å². The van der Waals surface area contributed by atoms with Crippen molar-refractivity contribution in [2.75, 3.05) is 11.9 Å². The summed E-state index contributed by atoms with van der Waals surface area (Å²) in [6.45, 7) is 2.62. The third kappa shape index (κ3) is 6.20. The second kappa shape index (κ2) is 9.65. The van der Waals surface area contributed by atoms with Gasteiger partial charge in [0.2, 0.25) is 0 Å². The Labute approximate surface area is 165 Å². The number of non-ortho nitro benzene ring substituents is 1. The summed E-state index contributed by atoms with van der Waals surface area (Å²) in [4.78, 5) is 46.0. The second-order valence-electron chi connectivity index (χ2n) is 5.80. The third-order valence-corrected chi connectivity index (χ3v) is 4.70. The Bertz CT molecular complexity index is 880. The summed E-state index contributed by atoms with van der Waals surface area (Å²) in [5.74, 6) is -1.16. The van der Waals surface area contributed by atoms with Crippen molar-refractivity contribution in [3.05, 3.63) is 64.2 Å². The molecule has 1 N–H and O–H groups in total. The van der Waals surface area contributed by atoms with E-state index in [-0.39, 0.29) is 11.5 Å². The predicted molar refractivity (Wildman–Crippen MR) is 104 cm³/mol. The number of nitro benzene ring substituents is 1. The van der Waals surface area contributed by atoms with Gasteiger partial charge in [-0.15, -0.1) is 11.8 Å². The van der Waals surface area contributed by atoms with E-state index in [1.807, 2.05) is 0 Å². The maximum atomic E-state index is 12.0. The zero-order chi connectivity index (χ0) is 20.7. The van der Waals surface area contributed by atoms with Gasteiger partial charge in [0.15, 0.2) is 12.4 Å². The van der Waals surface area contributed by atoms with Crippen molar-refractivity contribution in [1.29, 1.82) is 0 Å². The predicted octanol–water partition coefficient (Wildman–Crippen LogP) is 3.46. The van der Waals surface area contributed by atoms with Crippen molar-refractivity contribution in [1.82, 2.24) is 0 Å². The molecule has 0 bridgehead atoms. The molecule has 9 heteroatoms. The molecule has 0 spiro atoms. The average Bonchev–Trinajstić information content (AvgIpc) is 2.66. The topological polar surface area (TPSA) is 116 Å². The highest BCUT2D eigenvalue weighted by molar-refractivity contribution is 8.00. The van der Waals surface area contributed by atoms with Gasteiger partial charge < -0.3 is 10.1 Å². The number of amides is 1. The van der Waals surface area contributed by atoms with Crippen LogP contribution in [0.15, 0.2) is 53.4 Å². The normalized spacial score (nSPS) is 11.4. The highest BCUT2D eigenvalue weighted by atomic mass is 32.2. The van der Waals surface area contributed by atoms with E-state index in [2.05, 4.69) is 5.32 Å². The van der Waals surface area contributed by atoms with Gasteiger partial charge in [-0.25, -0.2) is 0 Å². The molecule has 0 aromatic heterocycles. The zero-order valence-electron chi connectivity index (χ0n) is 15.2. The van der Waals surface area contributed by atoms with Gasteiger partial charge in [-0.3, -0.25) is 24.5 Å². The first-order valence-corrected chi connectivity index (χ1v) is 9.13. The molecule has 0 heterocycles. The molecule has 0 radical (unpaired) electrons. The first kappa shape index (κ1) is 21.1. The minimum atomic E-state index is -0.593. The maximum absolute atomic E-state index is 12.0. The van der Waals surface area contributed by atoms with Crippen LogP contribution in [0.5, 0.6) is 0 Å². The Kier molecular flexibility index (Phi) is 7.28. The van der Waals surface area contributed by atoms with E-state index in [9.17, 15) is 24.5 Å². The molecule has 0 saturated heterocycles. The Morgan fingerprint density at radius 2 is 1.71 bits per heavy atom. The lowest BCUT2D eigenvalue weighted by Crippen LogP contribution is -2.24. The number of carbonyl (C=O) groups is 3. The molecule has 2 aromatic carbocycles. The number of hydrogen-bond donors (Lipinski definition) is 1. The molecule has 0 aliphatic carbocycles. The summed E-state index contributed by atoms with van der Waals surface area (Å²) in [5, 5.41) is 12.6. The molecule has 1 amide bonds. The number of anilines is 1. The van der Waals surface area contributed by atoms with E-state index in [0.717, 1.165) is 0 Å². The molecule has 1 atom stereocenters. The number of nitrogens with one attached hydrogen (secondary N) is 1. The minimum Gasteiger partial charge on any atom is -0.455 e. The van der Waals surface area contributed by atoms with Crippen LogP contribution in [0.4, 0.5) is 11.4 Å². The van der Waals surface area contributed by atoms with Crippen LogP contribution in [0.25, 0.3) is 0 Å². The summed E-state index contributed by atoms with van der Waals surface area (Å²) in [5.41, 5.74) is 0.980. The summed E-state index contributed by atoms with van der Waals surface area (Å²) in [7, 11) is 0. The summed E-state index contributed by atoms with van der Waals surface area (Å²) >= 11 is 1.17. The van der Waals surface area contributed by atoms with Crippen LogP contribution >= 0.6 is 11.8 Å². The van der Waals surface area contributed by atoms with Crippen molar-refractivity contribution in [2.45, 2.75) is 24.0 Å². The zero-order valence-corrected chi connectivity index (χ0v) is 16.0. The number of benzene rings is 2. The Hall–Kier alpha value is -3.20. The van der Waals surface area contributed by atoms with Crippen LogP contribution in [-0.4, -0.2) is 34.4 Å². The smallest absolute Gasteiger partial charge is 0.319 e. The van der Waals surface area contributed by atoms with Gasteiger partial charge in [0.1, 0.15) is 5.25 Å². The molecule has 0 aliphatic heterocycles. The Morgan fingerprint density at radius 3 is 2.25 bits per heavy atom. The molecule has 0 saturated carbocycles. The fraction of sp³-hybridized carbons (Fsp3) is 0.211. The Balaban J connectivity index is 1.80. The molecule has 8 nitrogen and oxygen atoms in total. The fourth-order valence-corrected chi connectivity index (χ4v) is 3.00. The lowest BCUT2D eigenvalue weighted by atomic mass is 10.1. The molecule has 0 aliphatic rings. The number of nitrogens with zero attached hydrogens (tertiary/aromatic N) is 1. The number of thioether (sulfide) groups is 1. The molecular formula is C19H18N2O6S. The largest absolute Gasteiger partial charge is 0.455 e. The quantitative estimate of drug-likeness (QED) is 0.236. The molecule has 0 fully saturated rings. The van der Waals surface area contributed by atoms with Crippen LogP contribution in [-0.2, 0) is 14.3 Å². The van der Waals surface area contributed by atoms with Crippen LogP contribution in [0.1, 0.15) is 24.2 Å². The van der Waals surface area contributed by atoms with Gasteiger partial charge in [-0.05, 0) is 50.2 Å². The van der Waals surface area contributed by atoms with E-state index in [1.54, 1.807) is 43.3 Å². The van der Waals surface area contributed by atoms with Crippen molar-refractivity contribution in [3.8, 4) is 0 Å². The molecule has 0 unspecified atom stereocenters. The minimum absolute atomic E-state index is 0.0346. The number of ether oxygens (including phenoxy) is 1. The molecule has 2 aromatic rings. The van der Waals surface area contributed by atoms with Gasteiger partial charge >= 0.3 is 5.97 Å². The Morgan fingerprint density at radius 1 is 1.11 bits per heavy atom. The van der Waals surface area contributed by atoms with Crippen LogP contribution < -0.4 is 5.32 Å². The van der Waals surface area contributed by atoms with Crippen molar-refractivity contribution >= 4 is 40.8 Å². The van der Waals surface area contributed by atoms with Gasteiger partial charge in [0, 0.05) is 28.3 Å². The van der Waals surface area contributed by atoms with Gasteiger partial charge in [-0.2, -0.15) is 0 Å². The summed E-state index contributed by atoms with van der Waals surface area (Å²) in [6.07, 6.45) is 0. The molecule has 28 heavy (non-hydrogen) atoms. The third-order valence-electron chi connectivity index (χ3n) is 3.61. The van der Waals surface area contributed by atoms with Gasteiger partial charge in [0.25, 0.3) is 11.6 Å². The first-order chi connectivity index (χ1) is 13.3.